The summed E-state index contributed by atoms with van der Waals surface area (Å²) in [4.78, 5) is 0. The fraction of sp³-hybridized carbons (Fsp3) is 0.250. The van der Waals surface area contributed by atoms with E-state index in [4.69, 9.17) is 4.74 Å². The van der Waals surface area contributed by atoms with Crippen molar-refractivity contribution in [2.24, 2.45) is 0 Å². The molecule has 0 saturated carbocycles. The molecular weight excluding hydrogens is 278 g/mol. The van der Waals surface area contributed by atoms with Crippen LogP contribution in [0.5, 0.6) is 11.5 Å². The van der Waals surface area contributed by atoms with E-state index in [2.05, 4.69) is 4.74 Å². The Morgan fingerprint density at radius 2 is 1.76 bits per heavy atom. The quantitative estimate of drug-likeness (QED) is 0.877. The predicted octanol–water partition coefficient (Wildman–Crippen LogP) is 3.92. The van der Waals surface area contributed by atoms with Gasteiger partial charge in [-0.15, -0.1) is 0 Å². The minimum atomic E-state index is -2.84. The lowest BCUT2D eigenvalue weighted by Gasteiger charge is -2.10. The number of alkyl halides is 2. The molecule has 0 bridgehead atoms. The molecule has 2 aromatic carbocycles. The molecule has 0 saturated heterocycles. The van der Waals surface area contributed by atoms with Gasteiger partial charge < -0.3 is 14.6 Å². The molecule has 3 nitrogen and oxygen atoms in total. The summed E-state index contributed by atoms with van der Waals surface area (Å²) >= 11 is 0. The van der Waals surface area contributed by atoms with Crippen molar-refractivity contribution in [1.29, 1.82) is 0 Å². The summed E-state index contributed by atoms with van der Waals surface area (Å²) in [5.74, 6) is 0.706. The van der Waals surface area contributed by atoms with Gasteiger partial charge in [-0.2, -0.15) is 8.78 Å². The van der Waals surface area contributed by atoms with Gasteiger partial charge in [0.1, 0.15) is 18.1 Å². The lowest BCUT2D eigenvalue weighted by atomic mass is 10.1. The van der Waals surface area contributed by atoms with Crippen LogP contribution in [0.4, 0.5) is 8.78 Å². The number of ether oxygens (including phenoxy) is 2. The molecule has 2 aromatic rings. The van der Waals surface area contributed by atoms with Crippen molar-refractivity contribution in [2.75, 3.05) is 0 Å². The average Bonchev–Trinajstić information content (AvgIpc) is 2.45. The Labute approximate surface area is 121 Å². The lowest BCUT2D eigenvalue weighted by Crippen LogP contribution is -2.03. The van der Waals surface area contributed by atoms with Gasteiger partial charge in [0.15, 0.2) is 0 Å². The Balaban J connectivity index is 2.01. The van der Waals surface area contributed by atoms with Gasteiger partial charge in [0, 0.05) is 0 Å². The number of hydrogen-bond acceptors (Lipinski definition) is 3. The first kappa shape index (κ1) is 15.3. The van der Waals surface area contributed by atoms with E-state index in [1.165, 1.54) is 12.1 Å². The number of aliphatic hydroxyl groups is 1. The highest BCUT2D eigenvalue weighted by molar-refractivity contribution is 5.31. The Morgan fingerprint density at radius 3 is 2.48 bits per heavy atom. The molecular formula is C16H16F2O3. The maximum absolute atomic E-state index is 12.1. The van der Waals surface area contributed by atoms with E-state index in [-0.39, 0.29) is 12.4 Å². The third-order valence-corrected chi connectivity index (χ3v) is 2.87. The molecule has 0 radical (unpaired) electrons. The summed E-state index contributed by atoms with van der Waals surface area (Å²) in [6, 6.07) is 13.5. The third kappa shape index (κ3) is 4.72. The summed E-state index contributed by atoms with van der Waals surface area (Å²) in [5.41, 5.74) is 1.47. The first-order chi connectivity index (χ1) is 10.0. The minimum absolute atomic E-state index is 0.101. The van der Waals surface area contributed by atoms with Gasteiger partial charge in [-0.1, -0.05) is 24.3 Å². The fourth-order valence-electron chi connectivity index (χ4n) is 1.84. The normalized spacial score (nSPS) is 12.2. The molecule has 21 heavy (non-hydrogen) atoms. The number of hydrogen-bond donors (Lipinski definition) is 1. The largest absolute Gasteiger partial charge is 0.489 e. The highest BCUT2D eigenvalue weighted by Gasteiger charge is 2.06. The van der Waals surface area contributed by atoms with Crippen LogP contribution < -0.4 is 9.47 Å². The zero-order valence-electron chi connectivity index (χ0n) is 11.5. The van der Waals surface area contributed by atoms with E-state index in [0.29, 0.717) is 5.75 Å². The van der Waals surface area contributed by atoms with Crippen LogP contribution in [0.1, 0.15) is 24.2 Å². The van der Waals surface area contributed by atoms with Crippen molar-refractivity contribution >= 4 is 0 Å². The standard InChI is InChI=1S/C16H16F2O3/c1-11(19)13-5-3-6-14(9-13)20-10-12-4-2-7-15(8-12)21-16(17)18/h2-9,11,16,19H,10H2,1H3. The van der Waals surface area contributed by atoms with E-state index >= 15 is 0 Å². The van der Waals surface area contributed by atoms with Crippen LogP contribution in [0.15, 0.2) is 48.5 Å². The van der Waals surface area contributed by atoms with Crippen molar-refractivity contribution < 1.29 is 23.4 Å². The third-order valence-electron chi connectivity index (χ3n) is 2.87. The fourth-order valence-corrected chi connectivity index (χ4v) is 1.84. The van der Waals surface area contributed by atoms with Crippen LogP contribution in [-0.4, -0.2) is 11.7 Å². The monoisotopic (exact) mass is 294 g/mol. The van der Waals surface area contributed by atoms with Gasteiger partial charge in [0.2, 0.25) is 0 Å². The molecule has 0 amide bonds. The summed E-state index contributed by atoms with van der Waals surface area (Å²) in [7, 11) is 0. The molecule has 0 fully saturated rings. The number of halogens is 2. The van der Waals surface area contributed by atoms with Crippen LogP contribution in [0.3, 0.4) is 0 Å². The molecule has 0 spiro atoms. The zero-order valence-corrected chi connectivity index (χ0v) is 11.5. The van der Waals surface area contributed by atoms with E-state index in [9.17, 15) is 13.9 Å². The Kier molecular flexibility index (Phi) is 5.11. The summed E-state index contributed by atoms with van der Waals surface area (Å²) in [5, 5.41) is 9.51. The highest BCUT2D eigenvalue weighted by Crippen LogP contribution is 2.21. The van der Waals surface area contributed by atoms with Gasteiger partial charge in [-0.25, -0.2) is 0 Å². The van der Waals surface area contributed by atoms with Gasteiger partial charge >= 0.3 is 6.61 Å². The summed E-state index contributed by atoms with van der Waals surface area (Å²) in [6.07, 6.45) is -0.573. The van der Waals surface area contributed by atoms with Gasteiger partial charge in [0.05, 0.1) is 6.10 Å². The minimum Gasteiger partial charge on any atom is -0.489 e. The average molecular weight is 294 g/mol. The van der Waals surface area contributed by atoms with Gasteiger partial charge in [-0.3, -0.25) is 0 Å². The summed E-state index contributed by atoms with van der Waals surface area (Å²) in [6.45, 7) is -0.947. The topological polar surface area (TPSA) is 38.7 Å². The van der Waals surface area contributed by atoms with Gasteiger partial charge in [0.25, 0.3) is 0 Å². The molecule has 5 heteroatoms. The Hall–Kier alpha value is -2.14. The molecule has 0 aliphatic carbocycles. The van der Waals surface area contributed by atoms with E-state index in [1.54, 1.807) is 43.3 Å². The highest BCUT2D eigenvalue weighted by atomic mass is 19.3. The first-order valence-electron chi connectivity index (χ1n) is 6.49. The van der Waals surface area contributed by atoms with E-state index in [0.717, 1.165) is 11.1 Å². The van der Waals surface area contributed by atoms with Gasteiger partial charge in [-0.05, 0) is 42.3 Å². The maximum Gasteiger partial charge on any atom is 0.387 e. The van der Waals surface area contributed by atoms with Crippen LogP contribution in [0.25, 0.3) is 0 Å². The second kappa shape index (κ2) is 7.04. The molecule has 1 atom stereocenters. The lowest BCUT2D eigenvalue weighted by molar-refractivity contribution is -0.0499. The summed E-state index contributed by atoms with van der Waals surface area (Å²) < 4.78 is 34.2. The SMILES string of the molecule is CC(O)c1cccc(OCc2cccc(OC(F)F)c2)c1. The van der Waals surface area contributed by atoms with E-state index < -0.39 is 12.7 Å². The van der Waals surface area contributed by atoms with Crippen molar-refractivity contribution in [2.45, 2.75) is 26.2 Å². The van der Waals surface area contributed by atoms with Crippen molar-refractivity contribution in [3.8, 4) is 11.5 Å². The van der Waals surface area contributed by atoms with Crippen molar-refractivity contribution in [1.82, 2.24) is 0 Å². The molecule has 112 valence electrons. The van der Waals surface area contributed by atoms with Crippen LogP contribution in [-0.2, 0) is 6.61 Å². The molecule has 1 N–H and O–H groups in total. The van der Waals surface area contributed by atoms with Crippen LogP contribution in [0.2, 0.25) is 0 Å². The second-order valence-electron chi connectivity index (χ2n) is 4.56. The zero-order chi connectivity index (χ0) is 15.2. The Bertz CT molecular complexity index is 585. The Morgan fingerprint density at radius 1 is 1.05 bits per heavy atom. The molecule has 0 heterocycles. The molecule has 0 aromatic heterocycles. The predicted molar refractivity (Wildman–Crippen MR) is 74.5 cm³/mol. The smallest absolute Gasteiger partial charge is 0.387 e. The molecule has 0 aliphatic heterocycles. The number of benzene rings is 2. The molecule has 0 aliphatic rings. The number of rotatable bonds is 6. The van der Waals surface area contributed by atoms with Crippen LogP contribution in [0, 0.1) is 0 Å². The second-order valence-corrected chi connectivity index (χ2v) is 4.56. The van der Waals surface area contributed by atoms with Crippen molar-refractivity contribution in [3.05, 3.63) is 59.7 Å². The van der Waals surface area contributed by atoms with Crippen LogP contribution >= 0.6 is 0 Å². The maximum atomic E-state index is 12.1. The first-order valence-corrected chi connectivity index (χ1v) is 6.49. The number of aliphatic hydroxyl groups excluding tert-OH is 1. The van der Waals surface area contributed by atoms with Crippen molar-refractivity contribution in [3.63, 3.8) is 0 Å². The molecule has 1 unspecified atom stereocenters. The molecule has 2 rings (SSSR count). The van der Waals surface area contributed by atoms with E-state index in [1.807, 2.05) is 0 Å².